The first-order valence-corrected chi connectivity index (χ1v) is 8.14. The summed E-state index contributed by atoms with van der Waals surface area (Å²) in [4.78, 5) is 12.4. The third-order valence-corrected chi connectivity index (χ3v) is 3.97. The summed E-state index contributed by atoms with van der Waals surface area (Å²) in [5.41, 5.74) is 1.09. The normalized spacial score (nSPS) is 12.0. The summed E-state index contributed by atoms with van der Waals surface area (Å²) in [5, 5.41) is 11.0. The summed E-state index contributed by atoms with van der Waals surface area (Å²) in [6, 6.07) is 16.4. The molecule has 3 heterocycles. The Labute approximate surface area is 149 Å². The largest absolute Gasteiger partial charge is 0.467 e. The van der Waals surface area contributed by atoms with Crippen LogP contribution < -0.4 is 5.32 Å². The van der Waals surface area contributed by atoms with Gasteiger partial charge in [0.1, 0.15) is 11.8 Å². The van der Waals surface area contributed by atoms with Gasteiger partial charge in [-0.05, 0) is 18.2 Å². The van der Waals surface area contributed by atoms with E-state index in [2.05, 4.69) is 15.6 Å². The van der Waals surface area contributed by atoms with E-state index in [9.17, 15) is 4.79 Å². The predicted molar refractivity (Wildman–Crippen MR) is 93.3 cm³/mol. The van der Waals surface area contributed by atoms with Gasteiger partial charge in [-0.2, -0.15) is 5.10 Å². The van der Waals surface area contributed by atoms with E-state index in [0.717, 1.165) is 5.56 Å². The molecule has 1 atom stereocenters. The van der Waals surface area contributed by atoms with E-state index in [0.29, 0.717) is 18.1 Å². The molecule has 4 rings (SSSR count). The van der Waals surface area contributed by atoms with E-state index < -0.39 is 0 Å². The fourth-order valence-corrected chi connectivity index (χ4v) is 2.67. The lowest BCUT2D eigenvalue weighted by Gasteiger charge is -2.15. The van der Waals surface area contributed by atoms with Crippen molar-refractivity contribution in [2.75, 3.05) is 6.54 Å². The zero-order chi connectivity index (χ0) is 17.8. The van der Waals surface area contributed by atoms with Crippen LogP contribution in [0.4, 0.5) is 0 Å². The Morgan fingerprint density at radius 2 is 2.04 bits per heavy atom. The second-order valence-electron chi connectivity index (χ2n) is 5.67. The molecule has 4 aromatic rings. The van der Waals surface area contributed by atoms with Crippen molar-refractivity contribution in [2.45, 2.75) is 6.04 Å². The first-order valence-electron chi connectivity index (χ1n) is 8.14. The van der Waals surface area contributed by atoms with Crippen molar-refractivity contribution >= 4 is 5.91 Å². The number of carbonyl (C=O) groups is 1. The van der Waals surface area contributed by atoms with Crippen molar-refractivity contribution in [1.29, 1.82) is 0 Å². The van der Waals surface area contributed by atoms with Crippen molar-refractivity contribution in [3.05, 3.63) is 84.7 Å². The van der Waals surface area contributed by atoms with Crippen molar-refractivity contribution in [3.63, 3.8) is 0 Å². The lowest BCUT2D eigenvalue weighted by Crippen LogP contribution is -2.31. The van der Waals surface area contributed by atoms with Crippen LogP contribution in [0.1, 0.15) is 22.3 Å². The van der Waals surface area contributed by atoms with Crippen LogP contribution in [0.3, 0.4) is 0 Å². The summed E-state index contributed by atoms with van der Waals surface area (Å²) < 4.78 is 12.5. The number of rotatable bonds is 6. The Hall–Kier alpha value is -3.61. The Balaban J connectivity index is 1.47. The molecule has 0 aliphatic heterocycles. The molecule has 1 unspecified atom stereocenters. The number of hydrogen-bond donors (Lipinski definition) is 1. The molecule has 0 saturated heterocycles. The molecule has 0 spiro atoms. The Morgan fingerprint density at radius 1 is 1.15 bits per heavy atom. The summed E-state index contributed by atoms with van der Waals surface area (Å²) in [6.45, 7) is 0.307. The number of amides is 1. The SMILES string of the molecule is O=C(NCC(c1ccco1)n1cccn1)c1cc(-c2ccccc2)on1. The maximum Gasteiger partial charge on any atom is 0.273 e. The number of hydrogen-bond acceptors (Lipinski definition) is 5. The van der Waals surface area contributed by atoms with Gasteiger partial charge < -0.3 is 14.3 Å². The molecular weight excluding hydrogens is 332 g/mol. The number of furan rings is 1. The molecule has 26 heavy (non-hydrogen) atoms. The molecule has 7 nitrogen and oxygen atoms in total. The van der Waals surface area contributed by atoms with Crippen molar-refractivity contribution in [1.82, 2.24) is 20.3 Å². The Kier molecular flexibility index (Phi) is 4.34. The summed E-state index contributed by atoms with van der Waals surface area (Å²) in [6.07, 6.45) is 5.10. The monoisotopic (exact) mass is 348 g/mol. The Morgan fingerprint density at radius 3 is 2.77 bits per heavy atom. The van der Waals surface area contributed by atoms with Gasteiger partial charge in [0.05, 0.1) is 6.26 Å². The first-order chi connectivity index (χ1) is 12.8. The minimum atomic E-state index is -0.320. The van der Waals surface area contributed by atoms with Crippen LogP contribution >= 0.6 is 0 Å². The van der Waals surface area contributed by atoms with E-state index >= 15 is 0 Å². The standard InChI is InChI=1S/C19H16N4O3/c24-19(15-12-18(26-22-15)14-6-2-1-3-7-14)20-13-16(17-8-4-11-25-17)23-10-5-9-21-23/h1-12,16H,13H2,(H,20,24). The quantitative estimate of drug-likeness (QED) is 0.578. The second kappa shape index (κ2) is 7.10. The molecular formula is C19H16N4O3. The van der Waals surface area contributed by atoms with Crippen LogP contribution in [0.2, 0.25) is 0 Å². The number of nitrogens with zero attached hydrogens (tertiary/aromatic N) is 3. The van der Waals surface area contributed by atoms with Crippen LogP contribution in [-0.4, -0.2) is 27.4 Å². The molecule has 0 radical (unpaired) electrons. The number of aromatic nitrogens is 3. The summed E-state index contributed by atoms with van der Waals surface area (Å²) in [7, 11) is 0. The van der Waals surface area contributed by atoms with Crippen LogP contribution in [0.15, 0.2) is 82.2 Å². The van der Waals surface area contributed by atoms with Gasteiger partial charge in [-0.15, -0.1) is 0 Å². The van der Waals surface area contributed by atoms with Crippen molar-refractivity contribution in [2.24, 2.45) is 0 Å². The summed E-state index contributed by atoms with van der Waals surface area (Å²) >= 11 is 0. The highest BCUT2D eigenvalue weighted by atomic mass is 16.5. The summed E-state index contributed by atoms with van der Waals surface area (Å²) in [5.74, 6) is 0.934. The lowest BCUT2D eigenvalue weighted by molar-refractivity contribution is 0.0939. The predicted octanol–water partition coefficient (Wildman–Crippen LogP) is 3.15. The van der Waals surface area contributed by atoms with Gasteiger partial charge in [0, 0.05) is 30.6 Å². The zero-order valence-corrected chi connectivity index (χ0v) is 13.8. The van der Waals surface area contributed by atoms with Crippen LogP contribution in [0.5, 0.6) is 0 Å². The highest BCUT2D eigenvalue weighted by Crippen LogP contribution is 2.20. The average molecular weight is 348 g/mol. The third kappa shape index (κ3) is 3.27. The zero-order valence-electron chi connectivity index (χ0n) is 13.8. The smallest absolute Gasteiger partial charge is 0.273 e. The molecule has 1 amide bonds. The minimum absolute atomic E-state index is 0.225. The molecule has 0 fully saturated rings. The van der Waals surface area contributed by atoms with E-state index in [1.807, 2.05) is 48.7 Å². The first kappa shape index (κ1) is 15.9. The fraction of sp³-hybridized carbons (Fsp3) is 0.105. The molecule has 0 saturated carbocycles. The van der Waals surface area contributed by atoms with E-state index in [1.165, 1.54) is 0 Å². The van der Waals surface area contributed by atoms with Gasteiger partial charge >= 0.3 is 0 Å². The topological polar surface area (TPSA) is 86.1 Å². The minimum Gasteiger partial charge on any atom is -0.467 e. The van der Waals surface area contributed by atoms with Gasteiger partial charge in [-0.1, -0.05) is 35.5 Å². The maximum atomic E-state index is 12.4. The highest BCUT2D eigenvalue weighted by Gasteiger charge is 2.20. The highest BCUT2D eigenvalue weighted by molar-refractivity contribution is 5.93. The molecule has 7 heteroatoms. The molecule has 3 aromatic heterocycles. The van der Waals surface area contributed by atoms with Crippen LogP contribution in [-0.2, 0) is 0 Å². The molecule has 1 N–H and O–H groups in total. The average Bonchev–Trinajstić information content (AvgIpc) is 3.44. The number of benzene rings is 1. The van der Waals surface area contributed by atoms with Crippen LogP contribution in [0, 0.1) is 0 Å². The second-order valence-corrected chi connectivity index (χ2v) is 5.67. The van der Waals surface area contributed by atoms with Gasteiger partial charge in [0.15, 0.2) is 11.5 Å². The van der Waals surface area contributed by atoms with Gasteiger partial charge in [-0.3, -0.25) is 9.48 Å². The molecule has 0 bridgehead atoms. The van der Waals surface area contributed by atoms with Gasteiger partial charge in [0.25, 0.3) is 5.91 Å². The molecule has 130 valence electrons. The fourth-order valence-electron chi connectivity index (χ4n) is 2.67. The van der Waals surface area contributed by atoms with Gasteiger partial charge in [0.2, 0.25) is 0 Å². The number of carbonyl (C=O) groups excluding carboxylic acids is 1. The molecule has 1 aromatic carbocycles. The van der Waals surface area contributed by atoms with Crippen molar-refractivity contribution in [3.8, 4) is 11.3 Å². The Bertz CT molecular complexity index is 925. The van der Waals surface area contributed by atoms with E-state index in [-0.39, 0.29) is 17.6 Å². The third-order valence-electron chi connectivity index (χ3n) is 3.97. The lowest BCUT2D eigenvalue weighted by atomic mass is 10.1. The molecule has 0 aliphatic carbocycles. The maximum absolute atomic E-state index is 12.4. The van der Waals surface area contributed by atoms with E-state index in [4.69, 9.17) is 8.94 Å². The molecule has 0 aliphatic rings. The van der Waals surface area contributed by atoms with E-state index in [1.54, 1.807) is 29.3 Å². The van der Waals surface area contributed by atoms with Crippen LogP contribution in [0.25, 0.3) is 11.3 Å². The van der Waals surface area contributed by atoms with Crippen molar-refractivity contribution < 1.29 is 13.7 Å². The number of nitrogens with one attached hydrogen (secondary N) is 1. The van der Waals surface area contributed by atoms with Gasteiger partial charge in [-0.25, -0.2) is 0 Å².